The lowest BCUT2D eigenvalue weighted by atomic mass is 10.1. The van der Waals surface area contributed by atoms with Crippen LogP contribution in [-0.2, 0) is 11.4 Å². The molecule has 1 aliphatic heterocycles. The summed E-state index contributed by atoms with van der Waals surface area (Å²) < 4.78 is 12.3. The zero-order valence-electron chi connectivity index (χ0n) is 20.3. The van der Waals surface area contributed by atoms with Gasteiger partial charge in [-0.2, -0.15) is 0 Å². The van der Waals surface area contributed by atoms with Crippen molar-refractivity contribution >= 4 is 62.4 Å². The third-order valence-corrected chi connectivity index (χ3v) is 7.19. The maximum atomic E-state index is 13.1. The number of nitro groups is 1. The van der Waals surface area contributed by atoms with Crippen LogP contribution in [0.25, 0.3) is 16.8 Å². The summed E-state index contributed by atoms with van der Waals surface area (Å²) in [5.41, 5.74) is 2.23. The van der Waals surface area contributed by atoms with E-state index in [2.05, 4.69) is 24.3 Å². The highest BCUT2D eigenvalue weighted by Gasteiger charge is 2.33. The van der Waals surface area contributed by atoms with Gasteiger partial charge in [-0.05, 0) is 65.2 Å². The summed E-state index contributed by atoms with van der Waals surface area (Å²) in [5.74, 6) is 0.895. The average molecular weight is 543 g/mol. The molecule has 0 N–H and O–H groups in total. The predicted octanol–water partition coefficient (Wildman–Crippen LogP) is 7.13. The number of thioether (sulfide) groups is 1. The van der Waals surface area contributed by atoms with Gasteiger partial charge in [-0.25, -0.2) is 0 Å². The molecule has 0 spiro atoms. The van der Waals surface area contributed by atoms with E-state index in [4.69, 9.17) is 21.7 Å². The second-order valence-corrected chi connectivity index (χ2v) is 10.1. The van der Waals surface area contributed by atoms with Crippen molar-refractivity contribution in [1.29, 1.82) is 0 Å². The van der Waals surface area contributed by atoms with Crippen LogP contribution in [0.1, 0.15) is 18.1 Å². The number of benzene rings is 4. The number of anilines is 1. The first-order valence-corrected chi connectivity index (χ1v) is 13.0. The van der Waals surface area contributed by atoms with Gasteiger partial charge >= 0.3 is 0 Å². The van der Waals surface area contributed by atoms with Crippen molar-refractivity contribution in [2.45, 2.75) is 13.5 Å². The number of non-ortho nitro benzene ring substituents is 1. The Kier molecular flexibility index (Phi) is 7.39. The van der Waals surface area contributed by atoms with Crippen molar-refractivity contribution in [2.75, 3.05) is 11.5 Å². The highest BCUT2D eigenvalue weighted by Crippen LogP contribution is 2.38. The summed E-state index contributed by atoms with van der Waals surface area (Å²) in [5, 5.41) is 13.3. The van der Waals surface area contributed by atoms with Crippen molar-refractivity contribution < 1.29 is 19.2 Å². The van der Waals surface area contributed by atoms with Crippen molar-refractivity contribution in [3.8, 4) is 11.5 Å². The van der Waals surface area contributed by atoms with Crippen LogP contribution < -0.4 is 14.4 Å². The van der Waals surface area contributed by atoms with Gasteiger partial charge in [-0.3, -0.25) is 19.8 Å². The molecule has 38 heavy (non-hydrogen) atoms. The fourth-order valence-corrected chi connectivity index (χ4v) is 5.36. The van der Waals surface area contributed by atoms with Gasteiger partial charge in [-0.15, -0.1) is 0 Å². The zero-order valence-corrected chi connectivity index (χ0v) is 22.0. The quantitative estimate of drug-likeness (QED) is 0.101. The average Bonchev–Trinajstić information content (AvgIpc) is 3.20. The van der Waals surface area contributed by atoms with E-state index in [0.29, 0.717) is 39.6 Å². The number of thiocarbonyl (C=S) groups is 1. The molecule has 0 saturated carbocycles. The van der Waals surface area contributed by atoms with Crippen LogP contribution in [-0.4, -0.2) is 21.8 Å². The van der Waals surface area contributed by atoms with Crippen LogP contribution in [0.3, 0.4) is 0 Å². The first-order valence-electron chi connectivity index (χ1n) is 11.8. The van der Waals surface area contributed by atoms with Crippen LogP contribution >= 0.6 is 24.0 Å². The molecule has 9 heteroatoms. The molecule has 1 amide bonds. The summed E-state index contributed by atoms with van der Waals surface area (Å²) in [6.45, 7) is 2.74. The minimum atomic E-state index is -0.487. The normalized spacial score (nSPS) is 14.3. The molecule has 5 rings (SSSR count). The molecule has 0 unspecified atom stereocenters. The van der Waals surface area contributed by atoms with Crippen molar-refractivity contribution in [1.82, 2.24) is 0 Å². The van der Waals surface area contributed by atoms with Gasteiger partial charge in [0.2, 0.25) is 0 Å². The van der Waals surface area contributed by atoms with Gasteiger partial charge in [0, 0.05) is 12.1 Å². The van der Waals surface area contributed by atoms with E-state index in [1.807, 2.05) is 43.3 Å². The van der Waals surface area contributed by atoms with Crippen LogP contribution in [0.4, 0.5) is 11.4 Å². The molecule has 0 aromatic heterocycles. The highest BCUT2D eigenvalue weighted by molar-refractivity contribution is 8.27. The number of ether oxygens (including phenoxy) is 2. The number of carbonyl (C=O) groups is 1. The van der Waals surface area contributed by atoms with Gasteiger partial charge < -0.3 is 9.47 Å². The first kappa shape index (κ1) is 25.4. The summed E-state index contributed by atoms with van der Waals surface area (Å²) in [7, 11) is 0. The number of fused-ring (bicyclic) bond motifs is 1. The largest absolute Gasteiger partial charge is 0.490 e. The van der Waals surface area contributed by atoms with Gasteiger partial charge in [-0.1, -0.05) is 66.4 Å². The number of nitro benzene ring substituents is 1. The second-order valence-electron chi connectivity index (χ2n) is 8.40. The number of rotatable bonds is 8. The number of amides is 1. The first-order chi connectivity index (χ1) is 18.4. The third-order valence-electron chi connectivity index (χ3n) is 5.89. The molecule has 7 nitrogen and oxygen atoms in total. The van der Waals surface area contributed by atoms with Crippen LogP contribution in [0.15, 0.2) is 89.8 Å². The molecular formula is C29H22N2O5S2. The molecule has 1 fully saturated rings. The Labute approximate surface area is 228 Å². The fourth-order valence-electron chi connectivity index (χ4n) is 4.06. The van der Waals surface area contributed by atoms with Crippen LogP contribution in [0, 0.1) is 10.1 Å². The van der Waals surface area contributed by atoms with Crippen molar-refractivity contribution in [3.05, 3.63) is 111 Å². The zero-order chi connectivity index (χ0) is 26.6. The Morgan fingerprint density at radius 2 is 1.71 bits per heavy atom. The van der Waals surface area contributed by atoms with Crippen LogP contribution in [0.5, 0.6) is 11.5 Å². The van der Waals surface area contributed by atoms with Crippen molar-refractivity contribution in [3.63, 3.8) is 0 Å². The Morgan fingerprint density at radius 3 is 2.45 bits per heavy atom. The van der Waals surface area contributed by atoms with E-state index in [1.54, 1.807) is 6.08 Å². The summed E-state index contributed by atoms with van der Waals surface area (Å²) >= 11 is 6.60. The third kappa shape index (κ3) is 5.39. The lowest BCUT2D eigenvalue weighted by Crippen LogP contribution is -2.27. The van der Waals surface area contributed by atoms with Crippen LogP contribution in [0.2, 0.25) is 0 Å². The second kappa shape index (κ2) is 11.0. The highest BCUT2D eigenvalue weighted by atomic mass is 32.2. The molecule has 0 bridgehead atoms. The van der Waals surface area contributed by atoms with E-state index < -0.39 is 4.92 Å². The minimum absolute atomic E-state index is 0.0545. The monoisotopic (exact) mass is 542 g/mol. The maximum Gasteiger partial charge on any atom is 0.270 e. The number of hydrogen-bond acceptors (Lipinski definition) is 7. The fraction of sp³-hybridized carbons (Fsp3) is 0.103. The molecule has 1 aliphatic rings. The molecule has 190 valence electrons. The molecule has 1 heterocycles. The maximum absolute atomic E-state index is 13.1. The Hall–Kier alpha value is -4.21. The number of nitrogens with zero attached hydrogens (tertiary/aromatic N) is 2. The van der Waals surface area contributed by atoms with E-state index in [1.165, 1.54) is 46.3 Å². The molecule has 4 aromatic rings. The Balaban J connectivity index is 1.34. The molecule has 4 aromatic carbocycles. The van der Waals surface area contributed by atoms with E-state index >= 15 is 0 Å². The number of hydrogen-bond donors (Lipinski definition) is 0. The standard InChI is InChI=1S/C29H22N2O5S2/c1-2-35-26-16-19(8-14-25(26)36-18-20-7-9-21-5-3-4-6-22(21)15-20)17-27-28(32)30(29(37)38-27)23-10-12-24(13-11-23)31(33)34/h3-17H,2,18H2,1H3/b27-17-. The van der Waals surface area contributed by atoms with Gasteiger partial charge in [0.15, 0.2) is 15.8 Å². The topological polar surface area (TPSA) is 81.9 Å². The number of carbonyl (C=O) groups excluding carboxylic acids is 1. The molecular weight excluding hydrogens is 520 g/mol. The Bertz CT molecular complexity index is 1580. The van der Waals surface area contributed by atoms with E-state index in [0.717, 1.165) is 16.5 Å². The van der Waals surface area contributed by atoms with Gasteiger partial charge in [0.05, 0.1) is 22.1 Å². The molecule has 1 saturated heterocycles. The molecule has 0 aliphatic carbocycles. The van der Waals surface area contributed by atoms with Crippen molar-refractivity contribution in [2.24, 2.45) is 0 Å². The van der Waals surface area contributed by atoms with E-state index in [-0.39, 0.29) is 11.6 Å². The lowest BCUT2D eigenvalue weighted by molar-refractivity contribution is -0.384. The predicted molar refractivity (Wildman–Crippen MR) is 155 cm³/mol. The minimum Gasteiger partial charge on any atom is -0.490 e. The molecule has 0 radical (unpaired) electrons. The summed E-state index contributed by atoms with van der Waals surface area (Å²) in [6.07, 6.45) is 1.75. The van der Waals surface area contributed by atoms with Gasteiger partial charge in [0.1, 0.15) is 6.61 Å². The molecule has 0 atom stereocenters. The lowest BCUT2D eigenvalue weighted by Gasteiger charge is -2.14. The van der Waals surface area contributed by atoms with Gasteiger partial charge in [0.25, 0.3) is 11.6 Å². The summed E-state index contributed by atoms with van der Waals surface area (Å²) in [6, 6.07) is 25.7. The Morgan fingerprint density at radius 1 is 0.947 bits per heavy atom. The van der Waals surface area contributed by atoms with E-state index in [9.17, 15) is 14.9 Å². The SMILES string of the molecule is CCOc1cc(/C=C2\SC(=S)N(c3ccc([N+](=O)[O-])cc3)C2=O)ccc1OCc1ccc2ccccc2c1. The smallest absolute Gasteiger partial charge is 0.270 e. The summed E-state index contributed by atoms with van der Waals surface area (Å²) in [4.78, 5) is 25.4.